The maximum absolute atomic E-state index is 13.1. The predicted octanol–water partition coefficient (Wildman–Crippen LogP) is 7.47. The van der Waals surface area contributed by atoms with E-state index in [1.807, 2.05) is 6.92 Å². The summed E-state index contributed by atoms with van der Waals surface area (Å²) in [5, 5.41) is 22.9. The highest BCUT2D eigenvalue weighted by Crippen LogP contribution is 2.41. The maximum Gasteiger partial charge on any atom is 0.298 e. The molecule has 196 valence electrons. The first-order valence-electron chi connectivity index (χ1n) is 11.2. The van der Waals surface area contributed by atoms with Crippen LogP contribution in [0, 0.1) is 6.92 Å². The Kier molecular flexibility index (Phi) is 7.89. The lowest BCUT2D eigenvalue weighted by Crippen LogP contribution is -2.12. The molecule has 0 atom stereocenters. The molecule has 0 spiro atoms. The standard InChI is InChI=1S/C26H21Cl2N3O6S/c1-3-37-21-11-9-16(13-19(21)27)29-26(33)18-12-15-6-4-5-7-17(15)23(24(18)32)31-30-20-10-8-14(2)22(28)25(20)38(34,35)36/h4-13,32H,3H2,1-2H3,(H,29,33)(H,34,35,36). The Bertz CT molecular complexity index is 1710. The van der Waals surface area contributed by atoms with Crippen molar-refractivity contribution in [2.45, 2.75) is 18.7 Å². The van der Waals surface area contributed by atoms with E-state index in [2.05, 4.69) is 15.5 Å². The molecular weight excluding hydrogens is 553 g/mol. The van der Waals surface area contributed by atoms with E-state index in [9.17, 15) is 22.9 Å². The van der Waals surface area contributed by atoms with Crippen LogP contribution >= 0.6 is 23.2 Å². The number of nitrogens with zero attached hydrogens (tertiary/aromatic N) is 2. The molecule has 4 aromatic carbocycles. The van der Waals surface area contributed by atoms with Gasteiger partial charge in [0.05, 0.1) is 22.2 Å². The Labute approximate surface area is 228 Å². The summed E-state index contributed by atoms with van der Waals surface area (Å²) in [6.45, 7) is 3.81. The van der Waals surface area contributed by atoms with Crippen LogP contribution in [0.15, 0.2) is 75.8 Å². The molecule has 0 aliphatic heterocycles. The number of azo groups is 1. The van der Waals surface area contributed by atoms with Crippen LogP contribution in [0.1, 0.15) is 22.8 Å². The van der Waals surface area contributed by atoms with E-state index in [4.69, 9.17) is 27.9 Å². The van der Waals surface area contributed by atoms with E-state index < -0.39 is 26.7 Å². The third kappa shape index (κ3) is 5.58. The number of carbonyl (C=O) groups excluding carboxylic acids is 1. The molecule has 4 aromatic rings. The van der Waals surface area contributed by atoms with Gasteiger partial charge in [-0.15, -0.1) is 10.2 Å². The summed E-state index contributed by atoms with van der Waals surface area (Å²) < 4.78 is 39.0. The summed E-state index contributed by atoms with van der Waals surface area (Å²) in [6, 6.07) is 15.9. The van der Waals surface area contributed by atoms with Crippen molar-refractivity contribution in [1.82, 2.24) is 0 Å². The first-order chi connectivity index (χ1) is 18.0. The minimum Gasteiger partial charge on any atom is -0.505 e. The highest BCUT2D eigenvalue weighted by Gasteiger charge is 2.23. The lowest BCUT2D eigenvalue weighted by molar-refractivity contribution is 0.102. The van der Waals surface area contributed by atoms with Gasteiger partial charge in [0, 0.05) is 11.1 Å². The summed E-state index contributed by atoms with van der Waals surface area (Å²) in [5.74, 6) is -0.681. The Morgan fingerprint density at radius 2 is 1.79 bits per heavy atom. The quantitative estimate of drug-likeness (QED) is 0.155. The highest BCUT2D eigenvalue weighted by atomic mass is 35.5. The molecule has 0 aliphatic rings. The smallest absolute Gasteiger partial charge is 0.298 e. The van der Waals surface area contributed by atoms with Crippen molar-refractivity contribution in [2.24, 2.45) is 10.2 Å². The van der Waals surface area contributed by atoms with Gasteiger partial charge in [-0.2, -0.15) is 8.42 Å². The number of nitrogens with one attached hydrogen (secondary N) is 1. The van der Waals surface area contributed by atoms with Crippen LogP contribution in [0.3, 0.4) is 0 Å². The maximum atomic E-state index is 13.1. The fourth-order valence-electron chi connectivity index (χ4n) is 3.71. The number of phenolic OH excluding ortho intramolecular Hbond substituents is 1. The molecule has 0 unspecified atom stereocenters. The molecular formula is C26H21Cl2N3O6S. The van der Waals surface area contributed by atoms with E-state index in [1.54, 1.807) is 43.3 Å². The number of aryl methyl sites for hydroxylation is 1. The van der Waals surface area contributed by atoms with E-state index in [1.165, 1.54) is 24.3 Å². The summed E-state index contributed by atoms with van der Waals surface area (Å²) in [7, 11) is -4.74. The number of hydrogen-bond acceptors (Lipinski definition) is 7. The lowest BCUT2D eigenvalue weighted by Gasteiger charge is -2.12. The number of fused-ring (bicyclic) bond motifs is 1. The molecule has 0 fully saturated rings. The van der Waals surface area contributed by atoms with Crippen LogP contribution in [0.5, 0.6) is 11.5 Å². The van der Waals surface area contributed by atoms with Gasteiger partial charge in [-0.05, 0) is 55.1 Å². The van der Waals surface area contributed by atoms with Crippen LogP contribution < -0.4 is 10.1 Å². The molecule has 0 saturated carbocycles. The molecule has 0 radical (unpaired) electrons. The SMILES string of the molecule is CCOc1ccc(NC(=O)c2cc3ccccc3c(N=Nc3ccc(C)c(Cl)c3S(=O)(=O)O)c2O)cc1Cl. The molecule has 38 heavy (non-hydrogen) atoms. The number of phenols is 1. The average molecular weight is 574 g/mol. The Hall–Kier alpha value is -3.70. The largest absolute Gasteiger partial charge is 0.505 e. The minimum absolute atomic E-state index is 0.0871. The molecule has 0 aromatic heterocycles. The van der Waals surface area contributed by atoms with Gasteiger partial charge in [0.15, 0.2) is 5.75 Å². The van der Waals surface area contributed by atoms with Crippen LogP contribution in [0.4, 0.5) is 17.1 Å². The zero-order valence-electron chi connectivity index (χ0n) is 20.1. The van der Waals surface area contributed by atoms with Crippen molar-refractivity contribution >= 4 is 67.1 Å². The molecule has 1 amide bonds. The fraction of sp³-hybridized carbons (Fsp3) is 0.115. The molecule has 4 rings (SSSR count). The van der Waals surface area contributed by atoms with Crippen molar-refractivity contribution in [3.63, 3.8) is 0 Å². The van der Waals surface area contributed by atoms with Crippen molar-refractivity contribution in [1.29, 1.82) is 0 Å². The van der Waals surface area contributed by atoms with Gasteiger partial charge >= 0.3 is 0 Å². The number of anilines is 1. The summed E-state index contributed by atoms with van der Waals surface area (Å²) in [4.78, 5) is 12.5. The van der Waals surface area contributed by atoms with E-state index in [0.29, 0.717) is 39.4 Å². The second-order valence-electron chi connectivity index (χ2n) is 8.09. The molecule has 12 heteroatoms. The number of benzene rings is 4. The molecule has 0 saturated heterocycles. The highest BCUT2D eigenvalue weighted by molar-refractivity contribution is 7.86. The zero-order valence-corrected chi connectivity index (χ0v) is 22.4. The van der Waals surface area contributed by atoms with Crippen LogP contribution in [-0.4, -0.2) is 30.6 Å². The van der Waals surface area contributed by atoms with Gasteiger partial charge in [-0.1, -0.05) is 53.5 Å². The molecule has 9 nitrogen and oxygen atoms in total. The van der Waals surface area contributed by atoms with Crippen LogP contribution in [0.25, 0.3) is 10.8 Å². The first kappa shape index (κ1) is 27.3. The first-order valence-corrected chi connectivity index (χ1v) is 13.4. The number of hydrogen-bond donors (Lipinski definition) is 3. The minimum atomic E-state index is -4.74. The Balaban J connectivity index is 1.79. The molecule has 3 N–H and O–H groups in total. The van der Waals surface area contributed by atoms with Gasteiger partial charge in [0.2, 0.25) is 0 Å². The van der Waals surface area contributed by atoms with Crippen LogP contribution in [0.2, 0.25) is 10.0 Å². The van der Waals surface area contributed by atoms with E-state index >= 15 is 0 Å². The average Bonchev–Trinajstić information content (AvgIpc) is 2.86. The lowest BCUT2D eigenvalue weighted by atomic mass is 10.0. The molecule has 0 aliphatic carbocycles. The summed E-state index contributed by atoms with van der Waals surface area (Å²) >= 11 is 12.3. The van der Waals surface area contributed by atoms with Gasteiger partial charge in [-0.3, -0.25) is 9.35 Å². The van der Waals surface area contributed by atoms with Crippen molar-refractivity contribution in [3.05, 3.63) is 81.8 Å². The van der Waals surface area contributed by atoms with E-state index in [0.717, 1.165) is 0 Å². The van der Waals surface area contributed by atoms with Crippen molar-refractivity contribution in [2.75, 3.05) is 11.9 Å². The number of carbonyl (C=O) groups is 1. The molecule has 0 heterocycles. The second-order valence-corrected chi connectivity index (χ2v) is 10.2. The monoisotopic (exact) mass is 573 g/mol. The van der Waals surface area contributed by atoms with Gasteiger partial charge in [0.1, 0.15) is 22.0 Å². The third-order valence-corrected chi connectivity index (χ3v) is 7.34. The summed E-state index contributed by atoms with van der Waals surface area (Å²) in [6.07, 6.45) is 0. The Morgan fingerprint density at radius 3 is 2.47 bits per heavy atom. The van der Waals surface area contributed by atoms with Gasteiger partial charge in [0.25, 0.3) is 16.0 Å². The number of rotatable bonds is 7. The van der Waals surface area contributed by atoms with Crippen molar-refractivity contribution < 1.29 is 27.6 Å². The number of amides is 1. The second kappa shape index (κ2) is 11.0. The van der Waals surface area contributed by atoms with Crippen LogP contribution in [-0.2, 0) is 10.1 Å². The number of halogens is 2. The zero-order chi connectivity index (χ0) is 27.6. The van der Waals surface area contributed by atoms with Gasteiger partial charge in [-0.25, -0.2) is 0 Å². The van der Waals surface area contributed by atoms with Crippen molar-refractivity contribution in [3.8, 4) is 11.5 Å². The third-order valence-electron chi connectivity index (χ3n) is 5.51. The number of aromatic hydroxyl groups is 1. The van der Waals surface area contributed by atoms with E-state index in [-0.39, 0.29) is 22.0 Å². The van der Waals surface area contributed by atoms with Gasteiger partial charge < -0.3 is 15.2 Å². The fourth-order valence-corrected chi connectivity index (χ4v) is 5.16. The topological polar surface area (TPSA) is 138 Å². The predicted molar refractivity (Wildman–Crippen MR) is 146 cm³/mol. The summed E-state index contributed by atoms with van der Waals surface area (Å²) in [5.41, 5.74) is 0.326. The molecule has 0 bridgehead atoms. The Morgan fingerprint density at radius 1 is 1.05 bits per heavy atom. The number of ether oxygens (including phenoxy) is 1. The normalized spacial score (nSPS) is 11.7.